The highest BCUT2D eigenvalue weighted by Gasteiger charge is 2.46. The highest BCUT2D eigenvalue weighted by atomic mass is 32.2. The molecule has 3 aromatic rings. The van der Waals surface area contributed by atoms with Crippen LogP contribution in [0.25, 0.3) is 0 Å². The van der Waals surface area contributed by atoms with Gasteiger partial charge in [-0.05, 0) is 49.7 Å². The van der Waals surface area contributed by atoms with E-state index in [1.165, 1.54) is 20.2 Å². The van der Waals surface area contributed by atoms with Crippen LogP contribution >= 0.6 is 0 Å². The summed E-state index contributed by atoms with van der Waals surface area (Å²) in [5.74, 6) is 0. The number of aryl methyl sites for hydroxylation is 1. The Labute approximate surface area is 184 Å². The molecule has 0 amide bonds. The standard InChI is InChI=1S/C19H17S.C4H7F3O3S/c1-16-12-14-19(15-13-16)20(17-8-4-2-5-9-17)18-10-6-3-7-11-18;1-2-3(5)4(6,7)11(8,9)10/h2-15H,1H3;3H,2H2,1H3,(H,8,9,10)/q+1;/p-1. The van der Waals surface area contributed by atoms with Gasteiger partial charge < -0.3 is 4.55 Å². The quantitative estimate of drug-likeness (QED) is 0.331. The average Bonchev–Trinajstić information content (AvgIpc) is 2.76. The molecule has 0 saturated heterocycles. The molecule has 0 heterocycles. The molecule has 1 atom stereocenters. The summed E-state index contributed by atoms with van der Waals surface area (Å²) in [5.41, 5.74) is 1.30. The fraction of sp³-hybridized carbons (Fsp3) is 0.217. The molecule has 0 aliphatic heterocycles. The lowest BCUT2D eigenvalue weighted by Gasteiger charge is -2.22. The summed E-state index contributed by atoms with van der Waals surface area (Å²) in [6.07, 6.45) is -3.64. The fourth-order valence-electron chi connectivity index (χ4n) is 2.59. The fourth-order valence-corrected chi connectivity index (χ4v) is 5.15. The van der Waals surface area contributed by atoms with Gasteiger partial charge in [-0.2, -0.15) is 8.78 Å². The third kappa shape index (κ3) is 6.59. The van der Waals surface area contributed by atoms with E-state index in [0.717, 1.165) is 6.92 Å². The van der Waals surface area contributed by atoms with Crippen molar-refractivity contribution in [3.63, 3.8) is 0 Å². The molecule has 31 heavy (non-hydrogen) atoms. The minimum absolute atomic E-state index is 0.0229. The van der Waals surface area contributed by atoms with Crippen LogP contribution in [0.4, 0.5) is 13.2 Å². The number of hydrogen-bond donors (Lipinski definition) is 0. The minimum Gasteiger partial charge on any atom is -0.743 e. The van der Waals surface area contributed by atoms with Crippen LogP contribution in [-0.2, 0) is 21.0 Å². The molecular weight excluding hydrogens is 445 g/mol. The third-order valence-electron chi connectivity index (χ3n) is 4.27. The molecule has 3 nitrogen and oxygen atoms in total. The van der Waals surface area contributed by atoms with Crippen molar-refractivity contribution in [3.05, 3.63) is 90.5 Å². The van der Waals surface area contributed by atoms with Crippen LogP contribution in [0.2, 0.25) is 0 Å². The van der Waals surface area contributed by atoms with Crippen molar-refractivity contribution in [2.75, 3.05) is 0 Å². The van der Waals surface area contributed by atoms with E-state index < -0.39 is 28.0 Å². The molecule has 0 spiro atoms. The highest BCUT2D eigenvalue weighted by molar-refractivity contribution is 7.97. The first-order valence-corrected chi connectivity index (χ1v) is 12.1. The summed E-state index contributed by atoms with van der Waals surface area (Å²) >= 11 is 0. The van der Waals surface area contributed by atoms with E-state index in [2.05, 4.69) is 91.9 Å². The van der Waals surface area contributed by atoms with E-state index in [1.54, 1.807) is 0 Å². The number of hydrogen-bond acceptors (Lipinski definition) is 3. The molecule has 0 radical (unpaired) electrons. The smallest absolute Gasteiger partial charge is 0.364 e. The van der Waals surface area contributed by atoms with E-state index in [0.29, 0.717) is 0 Å². The van der Waals surface area contributed by atoms with Crippen molar-refractivity contribution in [3.8, 4) is 0 Å². The van der Waals surface area contributed by atoms with Crippen LogP contribution in [0.5, 0.6) is 0 Å². The second kappa shape index (κ2) is 10.8. The maximum absolute atomic E-state index is 12.1. The monoisotopic (exact) mass is 468 g/mol. The average molecular weight is 469 g/mol. The first kappa shape index (κ1) is 25.0. The molecule has 0 aliphatic carbocycles. The van der Waals surface area contributed by atoms with Crippen LogP contribution < -0.4 is 0 Å². The van der Waals surface area contributed by atoms with E-state index >= 15 is 0 Å². The van der Waals surface area contributed by atoms with Crippen molar-refractivity contribution >= 4 is 21.0 Å². The van der Waals surface area contributed by atoms with Crippen LogP contribution in [0.1, 0.15) is 18.9 Å². The normalized spacial score (nSPS) is 12.7. The van der Waals surface area contributed by atoms with Crippen molar-refractivity contribution in [1.82, 2.24) is 0 Å². The zero-order chi connectivity index (χ0) is 23.1. The lowest BCUT2D eigenvalue weighted by Crippen LogP contribution is -2.38. The molecule has 0 saturated carbocycles. The van der Waals surface area contributed by atoms with Crippen LogP contribution in [0.3, 0.4) is 0 Å². The van der Waals surface area contributed by atoms with Gasteiger partial charge in [0.15, 0.2) is 31.0 Å². The van der Waals surface area contributed by atoms with E-state index in [-0.39, 0.29) is 10.9 Å². The van der Waals surface area contributed by atoms with Gasteiger partial charge in [-0.25, -0.2) is 12.8 Å². The molecule has 8 heteroatoms. The van der Waals surface area contributed by atoms with Gasteiger partial charge in [-0.15, -0.1) is 0 Å². The van der Waals surface area contributed by atoms with Crippen molar-refractivity contribution in [2.45, 2.75) is 46.4 Å². The molecule has 0 N–H and O–H groups in total. The number of alkyl halides is 3. The van der Waals surface area contributed by atoms with Gasteiger partial charge in [0.2, 0.25) is 0 Å². The van der Waals surface area contributed by atoms with Crippen molar-refractivity contribution in [2.24, 2.45) is 0 Å². The summed E-state index contributed by atoms with van der Waals surface area (Å²) < 4.78 is 65.3. The second-order valence-corrected chi connectivity index (χ2v) is 10.1. The first-order valence-electron chi connectivity index (χ1n) is 9.46. The molecule has 3 rings (SSSR count). The Kier molecular flexibility index (Phi) is 8.73. The van der Waals surface area contributed by atoms with Crippen LogP contribution in [0.15, 0.2) is 99.6 Å². The SMILES string of the molecule is CCC(F)C(F)(F)S(=O)(=O)[O-].Cc1ccc([S+](c2ccccc2)c2ccccc2)cc1. The Hall–Kier alpha value is -2.29. The molecule has 166 valence electrons. The largest absolute Gasteiger partial charge is 0.743 e. The summed E-state index contributed by atoms with van der Waals surface area (Å²) in [6, 6.07) is 30.4. The molecular formula is C23H23F3O3S2. The Morgan fingerprint density at radius 1 is 0.839 bits per heavy atom. The second-order valence-electron chi connectivity index (χ2n) is 6.64. The van der Waals surface area contributed by atoms with Gasteiger partial charge in [0.05, 0.1) is 10.9 Å². The Bertz CT molecular complexity index is 1000. The van der Waals surface area contributed by atoms with Gasteiger partial charge in [-0.3, -0.25) is 0 Å². The van der Waals surface area contributed by atoms with Crippen LogP contribution in [0, 0.1) is 6.92 Å². The summed E-state index contributed by atoms with van der Waals surface area (Å²) in [6.45, 7) is 3.15. The molecule has 0 bridgehead atoms. The number of halogens is 3. The summed E-state index contributed by atoms with van der Waals surface area (Å²) in [7, 11) is -5.89. The zero-order valence-electron chi connectivity index (χ0n) is 17.0. The van der Waals surface area contributed by atoms with Gasteiger partial charge in [0.1, 0.15) is 0 Å². The van der Waals surface area contributed by atoms with Gasteiger partial charge in [-0.1, -0.05) is 61.0 Å². The van der Waals surface area contributed by atoms with Crippen LogP contribution in [-0.4, -0.2) is 24.4 Å². The highest BCUT2D eigenvalue weighted by Crippen LogP contribution is 2.31. The molecule has 0 aromatic heterocycles. The van der Waals surface area contributed by atoms with Gasteiger partial charge >= 0.3 is 5.25 Å². The predicted octanol–water partition coefficient (Wildman–Crippen LogP) is 5.96. The summed E-state index contributed by atoms with van der Waals surface area (Å²) in [4.78, 5) is 4.10. The van der Waals surface area contributed by atoms with E-state index in [1.807, 2.05) is 0 Å². The van der Waals surface area contributed by atoms with E-state index in [4.69, 9.17) is 0 Å². The lowest BCUT2D eigenvalue weighted by molar-refractivity contribution is -0.00466. The Morgan fingerprint density at radius 2 is 1.23 bits per heavy atom. The summed E-state index contributed by atoms with van der Waals surface area (Å²) in [5, 5.41) is -4.80. The number of benzene rings is 3. The molecule has 1 unspecified atom stereocenters. The Morgan fingerprint density at radius 3 is 1.55 bits per heavy atom. The first-order chi connectivity index (χ1) is 14.6. The van der Waals surface area contributed by atoms with Gasteiger partial charge in [0, 0.05) is 0 Å². The molecule has 3 aromatic carbocycles. The predicted molar refractivity (Wildman–Crippen MR) is 116 cm³/mol. The molecule has 0 fully saturated rings. The lowest BCUT2D eigenvalue weighted by atomic mass is 10.2. The molecule has 0 aliphatic rings. The van der Waals surface area contributed by atoms with E-state index in [9.17, 15) is 26.1 Å². The number of rotatable bonds is 6. The Balaban J connectivity index is 0.000000267. The van der Waals surface area contributed by atoms with Crippen molar-refractivity contribution < 1.29 is 26.1 Å². The topological polar surface area (TPSA) is 57.2 Å². The minimum atomic E-state index is -5.87. The maximum atomic E-state index is 12.1. The van der Waals surface area contributed by atoms with Gasteiger partial charge in [0.25, 0.3) is 0 Å². The zero-order valence-corrected chi connectivity index (χ0v) is 18.7. The third-order valence-corrected chi connectivity index (χ3v) is 7.42. The van der Waals surface area contributed by atoms with Crippen molar-refractivity contribution in [1.29, 1.82) is 0 Å². The maximum Gasteiger partial charge on any atom is 0.364 e.